The van der Waals surface area contributed by atoms with Crippen molar-refractivity contribution < 1.29 is 8.42 Å². The molecule has 21 heavy (non-hydrogen) atoms. The van der Waals surface area contributed by atoms with E-state index in [4.69, 9.17) is 0 Å². The molecular formula is C12H20N4O4S. The van der Waals surface area contributed by atoms with E-state index in [1.165, 1.54) is 18.4 Å². The van der Waals surface area contributed by atoms with Gasteiger partial charge in [0.1, 0.15) is 0 Å². The van der Waals surface area contributed by atoms with Gasteiger partial charge in [0.15, 0.2) is 4.90 Å². The molecule has 0 aromatic carbocycles. The Bertz CT molecular complexity index is 754. The van der Waals surface area contributed by atoms with Gasteiger partial charge in [0.05, 0.1) is 0 Å². The molecule has 0 bridgehead atoms. The second-order valence-electron chi connectivity index (χ2n) is 5.44. The van der Waals surface area contributed by atoms with Crippen molar-refractivity contribution >= 4 is 10.0 Å². The standard InChI is InChI=1S/C12H20N4O4S/c1-8-5-13-6-9(2)16(8)21(19,20)10-7-14(3)12(18)15(4)11(10)17/h7-9,13H,5-6H2,1-4H3. The smallest absolute Gasteiger partial charge is 0.314 e. The number of rotatable bonds is 2. The molecule has 0 amide bonds. The van der Waals surface area contributed by atoms with Gasteiger partial charge in [0.25, 0.3) is 15.6 Å². The van der Waals surface area contributed by atoms with E-state index >= 15 is 0 Å². The molecule has 2 heterocycles. The Labute approximate surface area is 123 Å². The number of hydrogen-bond donors (Lipinski definition) is 1. The maximum atomic E-state index is 12.8. The van der Waals surface area contributed by atoms with E-state index in [1.807, 2.05) is 0 Å². The highest BCUT2D eigenvalue weighted by molar-refractivity contribution is 7.89. The molecule has 1 aromatic heterocycles. The summed E-state index contributed by atoms with van der Waals surface area (Å²) in [6, 6.07) is -0.526. The van der Waals surface area contributed by atoms with E-state index in [9.17, 15) is 18.0 Å². The molecule has 1 fully saturated rings. The van der Waals surface area contributed by atoms with Crippen molar-refractivity contribution in [1.29, 1.82) is 0 Å². The molecule has 1 aliphatic heterocycles. The summed E-state index contributed by atoms with van der Waals surface area (Å²) in [7, 11) is -1.26. The highest BCUT2D eigenvalue weighted by atomic mass is 32.2. The van der Waals surface area contributed by atoms with Gasteiger partial charge in [-0.1, -0.05) is 0 Å². The molecule has 0 spiro atoms. The molecule has 0 radical (unpaired) electrons. The minimum Gasteiger partial charge on any atom is -0.314 e. The molecule has 1 aromatic rings. The van der Waals surface area contributed by atoms with Gasteiger partial charge in [0, 0.05) is 45.5 Å². The Morgan fingerprint density at radius 1 is 1.14 bits per heavy atom. The van der Waals surface area contributed by atoms with Gasteiger partial charge in [0.2, 0.25) is 0 Å². The van der Waals surface area contributed by atoms with Crippen LogP contribution in [0.5, 0.6) is 0 Å². The first-order valence-electron chi connectivity index (χ1n) is 6.69. The predicted octanol–water partition coefficient (Wildman–Crippen LogP) is -1.55. The lowest BCUT2D eigenvalue weighted by Gasteiger charge is -2.37. The first-order chi connectivity index (χ1) is 9.67. The number of nitrogens with zero attached hydrogens (tertiary/aromatic N) is 3. The van der Waals surface area contributed by atoms with Gasteiger partial charge in [-0.05, 0) is 13.8 Å². The zero-order chi connectivity index (χ0) is 15.9. The van der Waals surface area contributed by atoms with Crippen LogP contribution < -0.4 is 16.6 Å². The van der Waals surface area contributed by atoms with Crippen molar-refractivity contribution in [3.8, 4) is 0 Å². The zero-order valence-corrected chi connectivity index (χ0v) is 13.3. The van der Waals surface area contributed by atoms with Crippen LogP contribution in [0.4, 0.5) is 0 Å². The van der Waals surface area contributed by atoms with Crippen molar-refractivity contribution in [3.63, 3.8) is 0 Å². The average molecular weight is 316 g/mol. The fourth-order valence-electron chi connectivity index (χ4n) is 2.65. The van der Waals surface area contributed by atoms with Gasteiger partial charge in [-0.25, -0.2) is 13.2 Å². The van der Waals surface area contributed by atoms with Crippen LogP contribution in [0.2, 0.25) is 0 Å². The van der Waals surface area contributed by atoms with Crippen LogP contribution in [0.1, 0.15) is 13.8 Å². The SMILES string of the molecule is CC1CNCC(C)N1S(=O)(=O)c1cn(C)c(=O)n(C)c1=O. The fraction of sp³-hybridized carbons (Fsp3) is 0.667. The Balaban J connectivity index is 2.65. The van der Waals surface area contributed by atoms with E-state index in [2.05, 4.69) is 5.32 Å². The van der Waals surface area contributed by atoms with Gasteiger partial charge in [-0.15, -0.1) is 0 Å². The lowest BCUT2D eigenvalue weighted by Crippen LogP contribution is -2.58. The fourth-order valence-corrected chi connectivity index (χ4v) is 4.63. The van der Waals surface area contributed by atoms with Crippen molar-refractivity contribution in [2.24, 2.45) is 14.1 Å². The summed E-state index contributed by atoms with van der Waals surface area (Å²) in [6.07, 6.45) is 1.10. The molecule has 0 saturated carbocycles. The van der Waals surface area contributed by atoms with Crippen LogP contribution in [0, 0.1) is 0 Å². The Morgan fingerprint density at radius 2 is 1.67 bits per heavy atom. The van der Waals surface area contributed by atoms with Gasteiger partial charge < -0.3 is 9.88 Å². The van der Waals surface area contributed by atoms with Crippen LogP contribution in [-0.4, -0.2) is 47.0 Å². The van der Waals surface area contributed by atoms with Crippen LogP contribution in [-0.2, 0) is 24.1 Å². The third-order valence-electron chi connectivity index (χ3n) is 3.72. The number of hydrogen-bond acceptors (Lipinski definition) is 5. The first-order valence-corrected chi connectivity index (χ1v) is 8.13. The lowest BCUT2D eigenvalue weighted by atomic mass is 10.2. The summed E-state index contributed by atoms with van der Waals surface area (Å²) in [5, 5.41) is 3.14. The summed E-state index contributed by atoms with van der Waals surface area (Å²) >= 11 is 0. The minimum atomic E-state index is -3.95. The molecule has 1 N–H and O–H groups in total. The monoisotopic (exact) mass is 316 g/mol. The molecule has 8 nitrogen and oxygen atoms in total. The van der Waals surface area contributed by atoms with Crippen LogP contribution in [0.3, 0.4) is 0 Å². The normalized spacial score (nSPS) is 24.2. The van der Waals surface area contributed by atoms with Gasteiger partial charge in [-0.2, -0.15) is 4.31 Å². The van der Waals surface area contributed by atoms with Gasteiger partial charge in [-0.3, -0.25) is 9.36 Å². The molecule has 2 unspecified atom stereocenters. The molecule has 2 atom stereocenters. The minimum absolute atomic E-state index is 0.263. The number of sulfonamides is 1. The molecule has 1 aliphatic rings. The third-order valence-corrected chi connectivity index (χ3v) is 5.83. The maximum absolute atomic E-state index is 12.8. The topological polar surface area (TPSA) is 93.4 Å². The Morgan fingerprint density at radius 3 is 2.19 bits per heavy atom. The quantitative estimate of drug-likeness (QED) is 0.713. The summed E-state index contributed by atoms with van der Waals surface area (Å²) in [6.45, 7) is 4.62. The summed E-state index contributed by atoms with van der Waals surface area (Å²) in [4.78, 5) is 23.5. The van der Waals surface area contributed by atoms with Crippen molar-refractivity contribution in [1.82, 2.24) is 18.8 Å². The lowest BCUT2D eigenvalue weighted by molar-refractivity contribution is 0.219. The number of nitrogens with one attached hydrogen (secondary N) is 1. The Kier molecular flexibility index (Phi) is 4.09. The maximum Gasteiger partial charge on any atom is 0.330 e. The number of piperazine rings is 1. The third kappa shape index (κ3) is 2.56. The summed E-state index contributed by atoms with van der Waals surface area (Å²) in [5.74, 6) is 0. The summed E-state index contributed by atoms with van der Waals surface area (Å²) in [5.41, 5.74) is -1.35. The van der Waals surface area contributed by atoms with E-state index in [-0.39, 0.29) is 17.0 Å². The second-order valence-corrected chi connectivity index (χ2v) is 7.25. The highest BCUT2D eigenvalue weighted by Gasteiger charge is 2.37. The van der Waals surface area contributed by atoms with Crippen molar-refractivity contribution in [3.05, 3.63) is 27.0 Å². The van der Waals surface area contributed by atoms with E-state index in [1.54, 1.807) is 13.8 Å². The van der Waals surface area contributed by atoms with E-state index in [0.717, 1.165) is 15.3 Å². The Hall–Kier alpha value is -1.45. The number of aromatic nitrogens is 2. The summed E-state index contributed by atoms with van der Waals surface area (Å²) < 4.78 is 28.9. The predicted molar refractivity (Wildman–Crippen MR) is 77.7 cm³/mol. The number of aryl methyl sites for hydroxylation is 1. The zero-order valence-electron chi connectivity index (χ0n) is 12.5. The molecule has 118 valence electrons. The van der Waals surface area contributed by atoms with Crippen molar-refractivity contribution in [2.75, 3.05) is 13.1 Å². The molecular weight excluding hydrogens is 296 g/mol. The van der Waals surface area contributed by atoms with Crippen LogP contribution in [0.25, 0.3) is 0 Å². The van der Waals surface area contributed by atoms with Crippen LogP contribution in [0.15, 0.2) is 20.7 Å². The average Bonchev–Trinajstić information content (AvgIpc) is 2.40. The largest absolute Gasteiger partial charge is 0.330 e. The van der Waals surface area contributed by atoms with Crippen molar-refractivity contribution in [2.45, 2.75) is 30.8 Å². The van der Waals surface area contributed by atoms with E-state index < -0.39 is 21.3 Å². The van der Waals surface area contributed by atoms with Gasteiger partial charge >= 0.3 is 5.69 Å². The highest BCUT2D eigenvalue weighted by Crippen LogP contribution is 2.20. The van der Waals surface area contributed by atoms with Crippen LogP contribution >= 0.6 is 0 Å². The molecule has 2 rings (SSSR count). The first kappa shape index (κ1) is 15.9. The molecule has 9 heteroatoms. The molecule has 1 saturated heterocycles. The van der Waals surface area contributed by atoms with E-state index in [0.29, 0.717) is 13.1 Å². The second kappa shape index (κ2) is 5.39. The molecule has 0 aliphatic carbocycles.